The molecule has 1 fully saturated rings. The molecule has 0 spiro atoms. The standard InChI is InChI=1S/C15H19N3O2S/c1-11-16-12(10-21-11)8-15(19)18-6-7-20-9-14(18)13-4-3-5-17(13)2/h3-5,10,14H,6-9H2,1-2H3. The Hall–Kier alpha value is -1.66. The van der Waals surface area contributed by atoms with Crippen LogP contribution in [0.25, 0.3) is 0 Å². The Morgan fingerprint density at radius 3 is 3.10 bits per heavy atom. The number of nitrogens with zero attached hydrogens (tertiary/aromatic N) is 3. The maximum Gasteiger partial charge on any atom is 0.229 e. The van der Waals surface area contributed by atoms with E-state index < -0.39 is 0 Å². The number of morpholine rings is 1. The number of hydrogen-bond acceptors (Lipinski definition) is 4. The number of carbonyl (C=O) groups is 1. The number of aromatic nitrogens is 2. The van der Waals surface area contributed by atoms with Crippen LogP contribution in [0.3, 0.4) is 0 Å². The zero-order valence-corrected chi connectivity index (χ0v) is 13.1. The Balaban J connectivity index is 1.77. The predicted octanol–water partition coefficient (Wildman–Crippen LogP) is 1.93. The maximum atomic E-state index is 12.6. The van der Waals surface area contributed by atoms with Gasteiger partial charge >= 0.3 is 0 Å². The monoisotopic (exact) mass is 305 g/mol. The third-order valence-electron chi connectivity index (χ3n) is 3.77. The third kappa shape index (κ3) is 3.01. The van der Waals surface area contributed by atoms with Gasteiger partial charge in [-0.1, -0.05) is 0 Å². The van der Waals surface area contributed by atoms with Crippen LogP contribution in [0.15, 0.2) is 23.7 Å². The van der Waals surface area contributed by atoms with Crippen LogP contribution in [0.4, 0.5) is 0 Å². The summed E-state index contributed by atoms with van der Waals surface area (Å²) < 4.78 is 7.62. The zero-order chi connectivity index (χ0) is 14.8. The molecule has 0 aromatic carbocycles. The first-order chi connectivity index (χ1) is 10.1. The summed E-state index contributed by atoms with van der Waals surface area (Å²) in [4.78, 5) is 18.9. The van der Waals surface area contributed by atoms with Crippen molar-refractivity contribution in [2.24, 2.45) is 7.05 Å². The van der Waals surface area contributed by atoms with E-state index in [-0.39, 0.29) is 11.9 Å². The van der Waals surface area contributed by atoms with Crippen molar-refractivity contribution < 1.29 is 9.53 Å². The molecule has 1 atom stereocenters. The summed E-state index contributed by atoms with van der Waals surface area (Å²) in [6.45, 7) is 3.75. The van der Waals surface area contributed by atoms with Crippen LogP contribution >= 0.6 is 11.3 Å². The molecule has 2 aromatic rings. The second-order valence-electron chi connectivity index (χ2n) is 5.26. The molecular formula is C15H19N3O2S. The van der Waals surface area contributed by atoms with Crippen molar-refractivity contribution >= 4 is 17.2 Å². The Kier molecular flexibility index (Phi) is 4.07. The van der Waals surface area contributed by atoms with Crippen LogP contribution in [-0.2, 0) is 23.0 Å². The number of carbonyl (C=O) groups excluding carboxylic acids is 1. The lowest BCUT2D eigenvalue weighted by Gasteiger charge is -2.36. The van der Waals surface area contributed by atoms with E-state index in [4.69, 9.17) is 4.74 Å². The molecule has 21 heavy (non-hydrogen) atoms. The summed E-state index contributed by atoms with van der Waals surface area (Å²) >= 11 is 1.58. The van der Waals surface area contributed by atoms with Gasteiger partial charge in [-0.3, -0.25) is 4.79 Å². The second kappa shape index (κ2) is 5.99. The zero-order valence-electron chi connectivity index (χ0n) is 12.3. The molecule has 3 rings (SSSR count). The fraction of sp³-hybridized carbons (Fsp3) is 0.467. The first-order valence-electron chi connectivity index (χ1n) is 7.04. The maximum absolute atomic E-state index is 12.6. The van der Waals surface area contributed by atoms with Gasteiger partial charge in [-0.25, -0.2) is 4.98 Å². The molecule has 5 nitrogen and oxygen atoms in total. The van der Waals surface area contributed by atoms with E-state index in [0.29, 0.717) is 26.2 Å². The highest BCUT2D eigenvalue weighted by Gasteiger charge is 2.30. The minimum atomic E-state index is -0.00835. The van der Waals surface area contributed by atoms with Gasteiger partial charge in [0.1, 0.15) is 0 Å². The average molecular weight is 305 g/mol. The summed E-state index contributed by atoms with van der Waals surface area (Å²) in [5, 5.41) is 2.96. The largest absolute Gasteiger partial charge is 0.377 e. The van der Waals surface area contributed by atoms with Crippen molar-refractivity contribution in [3.05, 3.63) is 40.1 Å². The molecular weight excluding hydrogens is 286 g/mol. The number of aryl methyl sites for hydroxylation is 2. The lowest BCUT2D eigenvalue weighted by atomic mass is 10.1. The molecule has 6 heteroatoms. The van der Waals surface area contributed by atoms with Crippen LogP contribution in [0, 0.1) is 6.92 Å². The molecule has 0 N–H and O–H groups in total. The topological polar surface area (TPSA) is 47.4 Å². The molecule has 0 saturated carbocycles. The van der Waals surface area contributed by atoms with Gasteiger partial charge in [0.2, 0.25) is 5.91 Å². The molecule has 1 amide bonds. The highest BCUT2D eigenvalue weighted by Crippen LogP contribution is 2.25. The van der Waals surface area contributed by atoms with Crippen LogP contribution in [0.1, 0.15) is 22.4 Å². The fourth-order valence-electron chi connectivity index (χ4n) is 2.71. The Morgan fingerprint density at radius 1 is 1.57 bits per heavy atom. The van der Waals surface area contributed by atoms with Crippen LogP contribution < -0.4 is 0 Å². The average Bonchev–Trinajstić information content (AvgIpc) is 3.07. The van der Waals surface area contributed by atoms with E-state index in [2.05, 4.69) is 4.98 Å². The summed E-state index contributed by atoms with van der Waals surface area (Å²) in [7, 11) is 2.00. The highest BCUT2D eigenvalue weighted by molar-refractivity contribution is 7.09. The number of hydrogen-bond donors (Lipinski definition) is 0. The minimum Gasteiger partial charge on any atom is -0.377 e. The van der Waals surface area contributed by atoms with E-state index in [9.17, 15) is 4.79 Å². The summed E-state index contributed by atoms with van der Waals surface area (Å²) in [5.74, 6) is 0.120. The third-order valence-corrected chi connectivity index (χ3v) is 4.60. The fourth-order valence-corrected chi connectivity index (χ4v) is 3.33. The number of ether oxygens (including phenoxy) is 1. The van der Waals surface area contributed by atoms with E-state index in [1.54, 1.807) is 11.3 Å². The Bertz CT molecular complexity index is 634. The van der Waals surface area contributed by atoms with E-state index >= 15 is 0 Å². The van der Waals surface area contributed by atoms with Gasteiger partial charge in [0.15, 0.2) is 0 Å². The van der Waals surface area contributed by atoms with Gasteiger partial charge in [0.05, 0.1) is 36.4 Å². The van der Waals surface area contributed by atoms with Gasteiger partial charge in [-0.05, 0) is 19.1 Å². The molecule has 0 aliphatic carbocycles. The number of amides is 1. The SMILES string of the molecule is Cc1nc(CC(=O)N2CCOCC2c2cccn2C)cs1. The van der Waals surface area contributed by atoms with Crippen molar-refractivity contribution in [1.82, 2.24) is 14.5 Å². The van der Waals surface area contributed by atoms with Crippen LogP contribution in [-0.4, -0.2) is 40.1 Å². The second-order valence-corrected chi connectivity index (χ2v) is 6.32. The molecule has 3 heterocycles. The van der Waals surface area contributed by atoms with Gasteiger partial charge in [-0.15, -0.1) is 11.3 Å². The molecule has 1 aliphatic heterocycles. The van der Waals surface area contributed by atoms with E-state index in [1.165, 1.54) is 0 Å². The van der Waals surface area contributed by atoms with Crippen LogP contribution in [0.5, 0.6) is 0 Å². The lowest BCUT2D eigenvalue weighted by Crippen LogP contribution is -2.44. The predicted molar refractivity (Wildman–Crippen MR) is 81.2 cm³/mol. The first-order valence-corrected chi connectivity index (χ1v) is 7.92. The minimum absolute atomic E-state index is 0.00835. The van der Waals surface area contributed by atoms with Crippen molar-refractivity contribution in [3.8, 4) is 0 Å². The number of thiazole rings is 1. The van der Waals surface area contributed by atoms with Crippen LogP contribution in [0.2, 0.25) is 0 Å². The molecule has 112 valence electrons. The van der Waals surface area contributed by atoms with Crippen molar-refractivity contribution in [2.45, 2.75) is 19.4 Å². The van der Waals surface area contributed by atoms with E-state index in [0.717, 1.165) is 16.4 Å². The molecule has 1 aliphatic rings. The van der Waals surface area contributed by atoms with Crippen molar-refractivity contribution in [1.29, 1.82) is 0 Å². The van der Waals surface area contributed by atoms with Crippen molar-refractivity contribution in [2.75, 3.05) is 19.8 Å². The quantitative estimate of drug-likeness (QED) is 0.870. The summed E-state index contributed by atoms with van der Waals surface area (Å²) in [6.07, 6.45) is 2.36. The molecule has 1 unspecified atom stereocenters. The summed E-state index contributed by atoms with van der Waals surface area (Å²) in [6, 6.07) is 4.04. The molecule has 0 bridgehead atoms. The van der Waals surface area contributed by atoms with Gasteiger partial charge in [-0.2, -0.15) is 0 Å². The van der Waals surface area contributed by atoms with Gasteiger partial charge < -0.3 is 14.2 Å². The van der Waals surface area contributed by atoms with Gasteiger partial charge in [0, 0.05) is 30.9 Å². The molecule has 2 aromatic heterocycles. The normalized spacial score (nSPS) is 19.0. The molecule has 0 radical (unpaired) electrons. The van der Waals surface area contributed by atoms with Gasteiger partial charge in [0.25, 0.3) is 0 Å². The summed E-state index contributed by atoms with van der Waals surface area (Å²) in [5.41, 5.74) is 1.97. The Labute approximate surface area is 128 Å². The van der Waals surface area contributed by atoms with Crippen molar-refractivity contribution in [3.63, 3.8) is 0 Å². The van der Waals surface area contributed by atoms with E-state index in [1.807, 2.05) is 47.1 Å². The smallest absolute Gasteiger partial charge is 0.229 e. The molecule has 1 saturated heterocycles. The first kappa shape index (κ1) is 14.3. The number of rotatable bonds is 3. The lowest BCUT2D eigenvalue weighted by molar-refractivity contribution is -0.139. The highest BCUT2D eigenvalue weighted by atomic mass is 32.1. The Morgan fingerprint density at radius 2 is 2.43 bits per heavy atom.